The van der Waals surface area contributed by atoms with Crippen molar-refractivity contribution in [3.63, 3.8) is 0 Å². The highest BCUT2D eigenvalue weighted by Crippen LogP contribution is 2.40. The largest absolute Gasteiger partial charge is 0.493 e. The van der Waals surface area contributed by atoms with Crippen LogP contribution >= 0.6 is 0 Å². The Hall–Kier alpha value is -3.58. The lowest BCUT2D eigenvalue weighted by Crippen LogP contribution is -2.47. The van der Waals surface area contributed by atoms with Crippen LogP contribution < -0.4 is 19.1 Å². The van der Waals surface area contributed by atoms with E-state index in [0.717, 1.165) is 31.5 Å². The van der Waals surface area contributed by atoms with E-state index in [4.69, 9.17) is 14.2 Å². The van der Waals surface area contributed by atoms with Crippen molar-refractivity contribution in [2.45, 2.75) is 25.4 Å². The number of nitrogens with zero attached hydrogens (tertiary/aromatic N) is 2. The summed E-state index contributed by atoms with van der Waals surface area (Å²) in [5.41, 5.74) is 2.34. The molecule has 0 radical (unpaired) electrons. The molecule has 3 aromatic carbocycles. The van der Waals surface area contributed by atoms with Crippen molar-refractivity contribution in [3.05, 3.63) is 83.7 Å². The highest BCUT2D eigenvalue weighted by atomic mass is 19.1. The second kappa shape index (κ2) is 11.2. The van der Waals surface area contributed by atoms with Gasteiger partial charge in [-0.25, -0.2) is 4.39 Å². The summed E-state index contributed by atoms with van der Waals surface area (Å²) in [6.07, 6.45) is 1.59. The first-order valence-corrected chi connectivity index (χ1v) is 11.7. The Labute approximate surface area is 205 Å². The number of carbonyl (C=O) groups is 1. The number of benzene rings is 3. The van der Waals surface area contributed by atoms with Crippen LogP contribution in [0.2, 0.25) is 0 Å². The molecule has 1 heterocycles. The molecule has 0 bridgehead atoms. The zero-order valence-corrected chi connectivity index (χ0v) is 20.4. The van der Waals surface area contributed by atoms with Gasteiger partial charge < -0.3 is 19.1 Å². The van der Waals surface area contributed by atoms with E-state index in [9.17, 15) is 9.18 Å². The molecule has 0 atom stereocenters. The summed E-state index contributed by atoms with van der Waals surface area (Å²) in [4.78, 5) is 17.7. The van der Waals surface area contributed by atoms with Crippen molar-refractivity contribution in [1.29, 1.82) is 0 Å². The summed E-state index contributed by atoms with van der Waals surface area (Å²) in [5, 5.41) is 0. The highest BCUT2D eigenvalue weighted by Gasteiger charge is 2.30. The summed E-state index contributed by atoms with van der Waals surface area (Å²) in [5.74, 6) is 1.48. The SMILES string of the molecule is COc1ccc(CN2CCC(N(C(=O)c3ccccc3)c3ccc(F)cc3)CC2)c(OC)c1OC. The predicted octanol–water partition coefficient (Wildman–Crippen LogP) is 5.16. The van der Waals surface area contributed by atoms with Crippen LogP contribution in [-0.2, 0) is 6.54 Å². The molecule has 0 N–H and O–H groups in total. The van der Waals surface area contributed by atoms with E-state index in [1.54, 1.807) is 33.5 Å². The molecule has 0 spiro atoms. The molecule has 184 valence electrons. The average molecular weight is 479 g/mol. The molecule has 35 heavy (non-hydrogen) atoms. The fourth-order valence-electron chi connectivity index (χ4n) is 4.68. The van der Waals surface area contributed by atoms with Crippen LogP contribution in [0.5, 0.6) is 17.2 Å². The van der Waals surface area contributed by atoms with E-state index in [1.165, 1.54) is 12.1 Å². The van der Waals surface area contributed by atoms with Gasteiger partial charge in [-0.15, -0.1) is 0 Å². The molecule has 7 heteroatoms. The number of methoxy groups -OCH3 is 3. The topological polar surface area (TPSA) is 51.2 Å². The molecule has 1 amide bonds. The monoisotopic (exact) mass is 478 g/mol. The summed E-state index contributed by atoms with van der Waals surface area (Å²) < 4.78 is 30.2. The molecule has 0 saturated carbocycles. The van der Waals surface area contributed by atoms with Gasteiger partial charge in [0.05, 0.1) is 21.3 Å². The minimum Gasteiger partial charge on any atom is -0.493 e. The van der Waals surface area contributed by atoms with Crippen LogP contribution in [0.4, 0.5) is 10.1 Å². The lowest BCUT2D eigenvalue weighted by atomic mass is 10.00. The summed E-state index contributed by atoms with van der Waals surface area (Å²) >= 11 is 0. The number of hydrogen-bond donors (Lipinski definition) is 0. The van der Waals surface area contributed by atoms with Gasteiger partial charge in [0.25, 0.3) is 5.91 Å². The number of likely N-dealkylation sites (tertiary alicyclic amines) is 1. The van der Waals surface area contributed by atoms with Crippen molar-refractivity contribution in [3.8, 4) is 17.2 Å². The van der Waals surface area contributed by atoms with Gasteiger partial charge in [-0.1, -0.05) is 24.3 Å². The van der Waals surface area contributed by atoms with Crippen molar-refractivity contribution in [1.82, 2.24) is 4.90 Å². The number of amides is 1. The summed E-state index contributed by atoms with van der Waals surface area (Å²) in [6, 6.07) is 19.3. The Bertz CT molecular complexity index is 1130. The third-order valence-corrected chi connectivity index (χ3v) is 6.45. The zero-order valence-electron chi connectivity index (χ0n) is 20.4. The molecule has 1 fully saturated rings. The van der Waals surface area contributed by atoms with E-state index in [1.807, 2.05) is 47.4 Å². The average Bonchev–Trinajstić information content (AvgIpc) is 2.90. The third kappa shape index (κ3) is 5.41. The van der Waals surface area contributed by atoms with E-state index < -0.39 is 0 Å². The number of carbonyl (C=O) groups excluding carboxylic acids is 1. The lowest BCUT2D eigenvalue weighted by Gasteiger charge is -2.39. The van der Waals surface area contributed by atoms with Crippen molar-refractivity contribution >= 4 is 11.6 Å². The summed E-state index contributed by atoms with van der Waals surface area (Å²) in [7, 11) is 4.83. The fourth-order valence-corrected chi connectivity index (χ4v) is 4.68. The van der Waals surface area contributed by atoms with Crippen LogP contribution in [-0.4, -0.2) is 51.3 Å². The molecule has 6 nitrogen and oxygen atoms in total. The maximum Gasteiger partial charge on any atom is 0.258 e. The van der Waals surface area contributed by atoms with E-state index >= 15 is 0 Å². The smallest absolute Gasteiger partial charge is 0.258 e. The van der Waals surface area contributed by atoms with Gasteiger partial charge >= 0.3 is 0 Å². The zero-order chi connectivity index (χ0) is 24.8. The number of piperidine rings is 1. The Morgan fingerprint density at radius 2 is 1.54 bits per heavy atom. The normalized spacial score (nSPS) is 14.4. The first-order valence-electron chi connectivity index (χ1n) is 11.7. The molecule has 4 rings (SSSR count). The van der Waals surface area contributed by atoms with Crippen LogP contribution in [0.15, 0.2) is 66.7 Å². The van der Waals surface area contributed by atoms with E-state index in [2.05, 4.69) is 4.90 Å². The van der Waals surface area contributed by atoms with Crippen LogP contribution in [0.1, 0.15) is 28.8 Å². The van der Waals surface area contributed by atoms with Gasteiger partial charge in [0.2, 0.25) is 5.75 Å². The van der Waals surface area contributed by atoms with Gasteiger partial charge in [-0.05, 0) is 55.3 Å². The molecule has 1 aliphatic rings. The van der Waals surface area contributed by atoms with Gasteiger partial charge in [-0.3, -0.25) is 9.69 Å². The van der Waals surface area contributed by atoms with Crippen molar-refractivity contribution < 1.29 is 23.4 Å². The quantitative estimate of drug-likeness (QED) is 0.448. The molecule has 3 aromatic rings. The maximum absolute atomic E-state index is 13.6. The minimum atomic E-state index is -0.320. The number of halogens is 1. The molecule has 0 unspecified atom stereocenters. The van der Waals surface area contributed by atoms with Gasteiger partial charge in [0, 0.05) is 42.5 Å². The first kappa shape index (κ1) is 24.5. The van der Waals surface area contributed by atoms with Gasteiger partial charge in [0.15, 0.2) is 11.5 Å². The highest BCUT2D eigenvalue weighted by molar-refractivity contribution is 6.06. The first-order chi connectivity index (χ1) is 17.0. The second-order valence-corrected chi connectivity index (χ2v) is 8.52. The van der Waals surface area contributed by atoms with Crippen LogP contribution in [0, 0.1) is 5.82 Å². The molecule has 0 aromatic heterocycles. The predicted molar refractivity (Wildman–Crippen MR) is 134 cm³/mol. The van der Waals surface area contributed by atoms with E-state index in [0.29, 0.717) is 35.0 Å². The molecule has 0 aliphatic carbocycles. The fraction of sp³-hybridized carbons (Fsp3) is 0.321. The Balaban J connectivity index is 1.51. The molecular formula is C28H31FN2O4. The number of rotatable bonds is 8. The van der Waals surface area contributed by atoms with Crippen LogP contribution in [0.25, 0.3) is 0 Å². The minimum absolute atomic E-state index is 0.0108. The standard InChI is InChI=1S/C28H31FN2O4/c1-33-25-14-9-21(26(34-2)27(25)35-3)19-30-17-15-24(16-18-30)31(23-12-10-22(29)11-13-23)28(32)20-7-5-4-6-8-20/h4-14,24H,15-19H2,1-3H3. The van der Waals surface area contributed by atoms with Crippen molar-refractivity contribution in [2.24, 2.45) is 0 Å². The van der Waals surface area contributed by atoms with E-state index in [-0.39, 0.29) is 17.8 Å². The Morgan fingerprint density at radius 3 is 2.14 bits per heavy atom. The lowest BCUT2D eigenvalue weighted by molar-refractivity contribution is 0.0958. The van der Waals surface area contributed by atoms with Gasteiger partial charge in [-0.2, -0.15) is 0 Å². The third-order valence-electron chi connectivity index (χ3n) is 6.45. The molecule has 1 aliphatic heterocycles. The number of anilines is 1. The number of hydrogen-bond acceptors (Lipinski definition) is 5. The molecular weight excluding hydrogens is 447 g/mol. The Kier molecular flexibility index (Phi) is 7.87. The summed E-state index contributed by atoms with van der Waals surface area (Å²) in [6.45, 7) is 2.31. The maximum atomic E-state index is 13.6. The molecule has 1 saturated heterocycles. The second-order valence-electron chi connectivity index (χ2n) is 8.52. The van der Waals surface area contributed by atoms with Crippen LogP contribution in [0.3, 0.4) is 0 Å². The number of ether oxygens (including phenoxy) is 3. The Morgan fingerprint density at radius 1 is 0.886 bits per heavy atom. The van der Waals surface area contributed by atoms with Crippen molar-refractivity contribution in [2.75, 3.05) is 39.3 Å². The van der Waals surface area contributed by atoms with Gasteiger partial charge in [0.1, 0.15) is 5.82 Å².